The van der Waals surface area contributed by atoms with E-state index in [4.69, 9.17) is 17.2 Å². The van der Waals surface area contributed by atoms with Crippen molar-refractivity contribution in [2.45, 2.75) is 19.6 Å². The Kier molecular flexibility index (Phi) is 5.91. The van der Waals surface area contributed by atoms with Crippen LogP contribution < -0.4 is 17.2 Å². The first kappa shape index (κ1) is 16.1. The van der Waals surface area contributed by atoms with Crippen LogP contribution in [0.3, 0.4) is 0 Å². The lowest BCUT2D eigenvalue weighted by Crippen LogP contribution is -2.05. The van der Waals surface area contributed by atoms with E-state index in [1.807, 2.05) is 0 Å². The van der Waals surface area contributed by atoms with E-state index in [9.17, 15) is 14.4 Å². The van der Waals surface area contributed by atoms with E-state index in [0.717, 1.165) is 35.3 Å². The highest BCUT2D eigenvalue weighted by Gasteiger charge is 2.14. The Bertz CT molecular complexity index is 513. The average Bonchev–Trinajstić information content (AvgIpc) is 2.22. The largest absolute Gasteiger partial charge is 0.360 e. The molecule has 0 saturated heterocycles. The molecule has 0 aromatic heterocycles. The van der Waals surface area contributed by atoms with Gasteiger partial charge in [-0.15, -0.1) is 12.6 Å². The monoisotopic (exact) mass is 335 g/mol. The second-order valence-corrected chi connectivity index (χ2v) is 6.65. The van der Waals surface area contributed by atoms with Crippen molar-refractivity contribution >= 4 is 63.6 Å². The molecule has 19 heavy (non-hydrogen) atoms. The maximum atomic E-state index is 10.9. The zero-order chi connectivity index (χ0) is 14.6. The smallest absolute Gasteiger partial charge is 0.281 e. The number of benzene rings is 1. The van der Waals surface area contributed by atoms with Gasteiger partial charge in [-0.2, -0.15) is 0 Å². The number of hydrogen-bond donors (Lipinski definition) is 4. The lowest BCUT2D eigenvalue weighted by molar-refractivity contribution is 0.266. The molecule has 0 bridgehead atoms. The van der Waals surface area contributed by atoms with Crippen molar-refractivity contribution in [1.82, 2.24) is 0 Å². The molecule has 10 heteroatoms. The fourth-order valence-electron chi connectivity index (χ4n) is 1.11. The first-order valence-corrected chi connectivity index (χ1v) is 7.48. The lowest BCUT2D eigenvalue weighted by Gasteiger charge is -2.09. The topological polar surface area (TPSA) is 129 Å². The summed E-state index contributed by atoms with van der Waals surface area (Å²) in [6.07, 6.45) is 0. The Hall–Kier alpha value is -0.970. The number of carbonyl (C=O) groups is 3. The summed E-state index contributed by atoms with van der Waals surface area (Å²) in [5.74, 6) is 0. The summed E-state index contributed by atoms with van der Waals surface area (Å²) in [7, 11) is 0. The van der Waals surface area contributed by atoms with E-state index in [1.165, 1.54) is 12.1 Å². The molecule has 6 nitrogen and oxygen atoms in total. The van der Waals surface area contributed by atoms with Crippen molar-refractivity contribution in [3.05, 3.63) is 12.1 Å². The predicted octanol–water partition coefficient (Wildman–Crippen LogP) is 2.49. The summed E-state index contributed by atoms with van der Waals surface area (Å²) in [5.41, 5.74) is 15.3. The van der Waals surface area contributed by atoms with E-state index in [2.05, 4.69) is 12.6 Å². The molecule has 0 aliphatic heterocycles. The number of amides is 3. The van der Waals surface area contributed by atoms with E-state index in [1.54, 1.807) is 0 Å². The zero-order valence-corrected chi connectivity index (χ0v) is 12.6. The number of rotatable bonds is 3. The van der Waals surface area contributed by atoms with Gasteiger partial charge in [0.05, 0.1) is 0 Å². The Morgan fingerprint density at radius 1 is 0.842 bits per heavy atom. The minimum Gasteiger partial charge on any atom is -0.360 e. The summed E-state index contributed by atoms with van der Waals surface area (Å²) in [6.45, 7) is 0. The number of thiol groups is 1. The van der Waals surface area contributed by atoms with Gasteiger partial charge in [0.15, 0.2) is 0 Å². The third-order valence-corrected chi connectivity index (χ3v) is 4.60. The van der Waals surface area contributed by atoms with Crippen molar-refractivity contribution in [3.8, 4) is 0 Å². The third-order valence-electron chi connectivity index (χ3n) is 1.65. The van der Waals surface area contributed by atoms with Gasteiger partial charge in [-0.05, 0) is 47.4 Å². The quantitative estimate of drug-likeness (QED) is 0.496. The molecular weight excluding hydrogens is 326 g/mol. The zero-order valence-electron chi connectivity index (χ0n) is 9.28. The molecule has 0 aliphatic carbocycles. The molecule has 3 amide bonds. The van der Waals surface area contributed by atoms with Gasteiger partial charge < -0.3 is 17.2 Å². The molecule has 0 fully saturated rings. The van der Waals surface area contributed by atoms with Gasteiger partial charge in [0.1, 0.15) is 0 Å². The summed E-state index contributed by atoms with van der Waals surface area (Å²) < 4.78 is 0. The van der Waals surface area contributed by atoms with Crippen LogP contribution in [0.15, 0.2) is 31.7 Å². The summed E-state index contributed by atoms with van der Waals surface area (Å²) in [4.78, 5) is 34.5. The normalized spacial score (nSPS) is 10.2. The van der Waals surface area contributed by atoms with Crippen LogP contribution in [0.4, 0.5) is 14.4 Å². The van der Waals surface area contributed by atoms with Crippen LogP contribution in [0.25, 0.3) is 0 Å². The van der Waals surface area contributed by atoms with E-state index in [-0.39, 0.29) is 0 Å². The highest BCUT2D eigenvalue weighted by Crippen LogP contribution is 2.38. The third kappa shape index (κ3) is 5.27. The van der Waals surface area contributed by atoms with Crippen molar-refractivity contribution < 1.29 is 14.4 Å². The summed E-state index contributed by atoms with van der Waals surface area (Å²) >= 11 is 6.46. The van der Waals surface area contributed by atoms with Gasteiger partial charge in [0.25, 0.3) is 15.7 Å². The molecule has 102 valence electrons. The van der Waals surface area contributed by atoms with Crippen LogP contribution >= 0.6 is 47.9 Å². The fraction of sp³-hybridized carbons (Fsp3) is 0. The van der Waals surface area contributed by atoms with Crippen molar-refractivity contribution in [2.75, 3.05) is 0 Å². The number of nitrogens with two attached hydrogens (primary N) is 3. The van der Waals surface area contributed by atoms with E-state index < -0.39 is 15.7 Å². The summed E-state index contributed by atoms with van der Waals surface area (Å²) in [6, 6.07) is 3.08. The van der Waals surface area contributed by atoms with Crippen molar-refractivity contribution in [3.63, 3.8) is 0 Å². The predicted molar refractivity (Wildman–Crippen MR) is 80.0 cm³/mol. The number of carbonyl (C=O) groups excluding carboxylic acids is 3. The lowest BCUT2D eigenvalue weighted by atomic mass is 10.3. The van der Waals surface area contributed by atoms with Crippen molar-refractivity contribution in [1.29, 1.82) is 0 Å². The molecule has 0 heterocycles. The molecule has 0 radical (unpaired) electrons. The first-order chi connectivity index (χ1) is 8.79. The maximum Gasteiger partial charge on any atom is 0.281 e. The Balaban J connectivity index is 3.24. The molecule has 1 aromatic rings. The van der Waals surface area contributed by atoms with Gasteiger partial charge >= 0.3 is 0 Å². The molecule has 1 rings (SSSR count). The number of thioether (sulfide) groups is 3. The van der Waals surface area contributed by atoms with Crippen molar-refractivity contribution in [2.24, 2.45) is 17.2 Å². The fourth-order valence-corrected chi connectivity index (χ4v) is 3.53. The summed E-state index contributed by atoms with van der Waals surface area (Å²) in [5, 5.41) is -1.88. The van der Waals surface area contributed by atoms with Crippen LogP contribution in [0, 0.1) is 0 Å². The van der Waals surface area contributed by atoms with E-state index >= 15 is 0 Å². The maximum absolute atomic E-state index is 10.9. The first-order valence-electron chi connectivity index (χ1n) is 4.58. The Labute approximate surface area is 127 Å². The van der Waals surface area contributed by atoms with Crippen LogP contribution in [0.2, 0.25) is 0 Å². The highest BCUT2D eigenvalue weighted by molar-refractivity contribution is 8.15. The second-order valence-electron chi connectivity index (χ2n) is 3.03. The number of hydrogen-bond acceptors (Lipinski definition) is 7. The van der Waals surface area contributed by atoms with Crippen LogP contribution in [0.1, 0.15) is 0 Å². The minimum absolute atomic E-state index is 0.390. The van der Waals surface area contributed by atoms with Gasteiger partial charge in [0, 0.05) is 19.6 Å². The molecule has 0 unspecified atom stereocenters. The van der Waals surface area contributed by atoms with Gasteiger partial charge in [-0.1, -0.05) is 0 Å². The standard InChI is InChI=1S/C9H9N3O3S4/c10-7(13)17-3-1-4(18-8(11)14)6(16)5(2-3)19-9(12)15/h1-2,16H,(H2,10,13)(H2,11,14)(H2,12,15). The van der Waals surface area contributed by atoms with Gasteiger partial charge in [0.2, 0.25) is 0 Å². The molecule has 0 aliphatic rings. The van der Waals surface area contributed by atoms with Crippen LogP contribution in [-0.2, 0) is 0 Å². The molecule has 0 saturated carbocycles. The molecule has 0 atom stereocenters. The molecule has 1 aromatic carbocycles. The van der Waals surface area contributed by atoms with Crippen LogP contribution in [0.5, 0.6) is 0 Å². The SMILES string of the molecule is NC(=O)Sc1cc(SC(N)=O)c(S)c(SC(N)=O)c1. The minimum atomic E-state index is -0.633. The molecular formula is C9H9N3O3S4. The average molecular weight is 335 g/mol. The Morgan fingerprint density at radius 3 is 1.53 bits per heavy atom. The molecule has 0 spiro atoms. The van der Waals surface area contributed by atoms with Gasteiger partial charge in [-0.25, -0.2) is 0 Å². The second kappa shape index (κ2) is 6.98. The number of primary amides is 3. The molecule has 6 N–H and O–H groups in total. The Morgan fingerprint density at radius 2 is 1.21 bits per heavy atom. The van der Waals surface area contributed by atoms with E-state index in [0.29, 0.717) is 19.6 Å². The van der Waals surface area contributed by atoms with Crippen LogP contribution in [-0.4, -0.2) is 15.7 Å². The van der Waals surface area contributed by atoms with Gasteiger partial charge in [-0.3, -0.25) is 14.4 Å². The highest BCUT2D eigenvalue weighted by atomic mass is 32.2.